The molecule has 4 nitrogen and oxygen atoms in total. The maximum absolute atomic E-state index is 6.10. The molecule has 2 rings (SSSR count). The van der Waals surface area contributed by atoms with Crippen molar-refractivity contribution < 1.29 is 9.47 Å². The van der Waals surface area contributed by atoms with Gasteiger partial charge in [0.05, 0.1) is 24.9 Å². The van der Waals surface area contributed by atoms with Crippen molar-refractivity contribution in [3.05, 3.63) is 46.4 Å². The van der Waals surface area contributed by atoms with E-state index in [0.717, 1.165) is 5.69 Å². The van der Waals surface area contributed by atoms with E-state index < -0.39 is 0 Å². The number of hydrogen-bond donors (Lipinski definition) is 2. The van der Waals surface area contributed by atoms with Crippen LogP contribution in [0.3, 0.4) is 0 Å². The Morgan fingerprint density at radius 2 is 1.59 bits per heavy atom. The van der Waals surface area contributed by atoms with Crippen molar-refractivity contribution in [2.24, 2.45) is 0 Å². The summed E-state index contributed by atoms with van der Waals surface area (Å²) in [6.45, 7) is 0. The molecule has 7 heteroatoms. The molecule has 0 aliphatic heterocycles. The van der Waals surface area contributed by atoms with E-state index in [-0.39, 0.29) is 0 Å². The van der Waals surface area contributed by atoms with Crippen LogP contribution in [0, 0.1) is 0 Å². The summed E-state index contributed by atoms with van der Waals surface area (Å²) < 4.78 is 10.4. The summed E-state index contributed by atoms with van der Waals surface area (Å²) in [5.74, 6) is 1.32. The highest BCUT2D eigenvalue weighted by Crippen LogP contribution is 2.27. The van der Waals surface area contributed by atoms with Crippen LogP contribution < -0.4 is 20.1 Å². The largest absolute Gasteiger partial charge is 0.497 e. The highest BCUT2D eigenvalue weighted by atomic mass is 35.5. The number of nitrogens with one attached hydrogen (secondary N) is 2. The first-order valence-corrected chi connectivity index (χ1v) is 7.44. The first-order valence-electron chi connectivity index (χ1n) is 6.28. The second-order valence-corrected chi connectivity index (χ2v) is 5.56. The number of thiocarbonyl (C=S) groups is 1. The molecule has 0 aliphatic rings. The molecule has 0 fully saturated rings. The lowest BCUT2D eigenvalue weighted by molar-refractivity contribution is 0.395. The van der Waals surface area contributed by atoms with E-state index in [9.17, 15) is 0 Å². The van der Waals surface area contributed by atoms with E-state index in [4.69, 9.17) is 44.9 Å². The van der Waals surface area contributed by atoms with Gasteiger partial charge in [0.1, 0.15) is 11.5 Å². The minimum atomic E-state index is 0.388. The summed E-state index contributed by atoms with van der Waals surface area (Å²) in [4.78, 5) is 0. The molecular weight excluding hydrogens is 343 g/mol. The average Bonchev–Trinajstić information content (AvgIpc) is 2.49. The van der Waals surface area contributed by atoms with Crippen LogP contribution >= 0.6 is 35.4 Å². The van der Waals surface area contributed by atoms with Gasteiger partial charge in [-0.3, -0.25) is 0 Å². The number of halogens is 2. The number of anilines is 2. The first-order chi connectivity index (χ1) is 10.5. The molecule has 2 aromatic carbocycles. The van der Waals surface area contributed by atoms with Gasteiger partial charge in [-0.05, 0) is 30.4 Å². The Morgan fingerprint density at radius 1 is 0.955 bits per heavy atom. The van der Waals surface area contributed by atoms with E-state index >= 15 is 0 Å². The zero-order chi connectivity index (χ0) is 16.1. The Kier molecular flexibility index (Phi) is 5.71. The molecule has 0 heterocycles. The summed E-state index contributed by atoms with van der Waals surface area (Å²) in [6.07, 6.45) is 0. The normalized spacial score (nSPS) is 10.0. The van der Waals surface area contributed by atoms with Crippen LogP contribution in [-0.2, 0) is 0 Å². The van der Waals surface area contributed by atoms with Crippen LogP contribution in [-0.4, -0.2) is 19.3 Å². The van der Waals surface area contributed by atoms with Crippen molar-refractivity contribution >= 4 is 51.9 Å². The fraction of sp³-hybridized carbons (Fsp3) is 0.133. The van der Waals surface area contributed by atoms with Gasteiger partial charge in [0, 0.05) is 28.9 Å². The van der Waals surface area contributed by atoms with Crippen molar-refractivity contribution in [2.75, 3.05) is 24.9 Å². The average molecular weight is 357 g/mol. The smallest absolute Gasteiger partial charge is 0.175 e. The monoisotopic (exact) mass is 356 g/mol. The summed E-state index contributed by atoms with van der Waals surface area (Å²) in [7, 11) is 3.17. The zero-order valence-electron chi connectivity index (χ0n) is 11.9. The third-order valence-corrected chi connectivity index (χ3v) is 3.54. The molecule has 0 unspecified atom stereocenters. The third-order valence-electron chi connectivity index (χ3n) is 2.79. The number of benzene rings is 2. The van der Waals surface area contributed by atoms with Gasteiger partial charge in [-0.2, -0.15) is 0 Å². The van der Waals surface area contributed by atoms with E-state index in [0.29, 0.717) is 32.3 Å². The highest BCUT2D eigenvalue weighted by Gasteiger charge is 2.06. The Bertz CT molecular complexity index is 673. The van der Waals surface area contributed by atoms with E-state index in [1.165, 1.54) is 0 Å². The van der Waals surface area contributed by atoms with Crippen molar-refractivity contribution in [2.45, 2.75) is 0 Å². The minimum Gasteiger partial charge on any atom is -0.497 e. The fourth-order valence-corrected chi connectivity index (χ4v) is 2.44. The summed E-state index contributed by atoms with van der Waals surface area (Å²) in [5, 5.41) is 7.50. The van der Waals surface area contributed by atoms with Crippen LogP contribution in [0.4, 0.5) is 11.4 Å². The molecular formula is C15H14Cl2N2O2S. The van der Waals surface area contributed by atoms with Gasteiger partial charge in [0.15, 0.2) is 5.11 Å². The lowest BCUT2D eigenvalue weighted by Crippen LogP contribution is -2.19. The van der Waals surface area contributed by atoms with Crippen LogP contribution in [0.25, 0.3) is 0 Å². The Morgan fingerprint density at radius 3 is 2.14 bits per heavy atom. The first kappa shape index (κ1) is 16.7. The Labute approximate surface area is 144 Å². The quantitative estimate of drug-likeness (QED) is 0.768. The SMILES string of the molecule is COc1cc(NC(=S)Nc2ccc(Cl)cc2Cl)cc(OC)c1. The Balaban J connectivity index is 2.11. The van der Waals surface area contributed by atoms with Gasteiger partial charge in [-0.1, -0.05) is 23.2 Å². The van der Waals surface area contributed by atoms with Crippen molar-refractivity contribution in [3.8, 4) is 11.5 Å². The van der Waals surface area contributed by atoms with E-state index in [2.05, 4.69) is 10.6 Å². The molecule has 0 bridgehead atoms. The molecule has 0 saturated carbocycles. The van der Waals surface area contributed by atoms with Gasteiger partial charge in [0.2, 0.25) is 0 Å². The summed E-state index contributed by atoms with van der Waals surface area (Å²) in [5.41, 5.74) is 1.40. The molecule has 0 spiro atoms. The summed E-state index contributed by atoms with van der Waals surface area (Å²) in [6, 6.07) is 10.5. The maximum Gasteiger partial charge on any atom is 0.175 e. The molecule has 0 aromatic heterocycles. The van der Waals surface area contributed by atoms with Gasteiger partial charge in [-0.15, -0.1) is 0 Å². The van der Waals surface area contributed by atoms with E-state index in [1.54, 1.807) is 50.6 Å². The molecule has 0 saturated heterocycles. The second-order valence-electron chi connectivity index (χ2n) is 4.30. The molecule has 0 atom stereocenters. The lowest BCUT2D eigenvalue weighted by Gasteiger charge is -2.13. The molecule has 0 aliphatic carbocycles. The van der Waals surface area contributed by atoms with Gasteiger partial charge in [-0.25, -0.2) is 0 Å². The molecule has 22 heavy (non-hydrogen) atoms. The molecule has 0 amide bonds. The molecule has 116 valence electrons. The van der Waals surface area contributed by atoms with Crippen molar-refractivity contribution in [1.82, 2.24) is 0 Å². The van der Waals surface area contributed by atoms with Gasteiger partial charge >= 0.3 is 0 Å². The number of ether oxygens (including phenoxy) is 2. The molecule has 0 radical (unpaired) electrons. The maximum atomic E-state index is 6.10. The van der Waals surface area contributed by atoms with Crippen LogP contribution in [0.1, 0.15) is 0 Å². The Hall–Kier alpha value is -1.69. The topological polar surface area (TPSA) is 42.5 Å². The molecule has 2 N–H and O–H groups in total. The number of rotatable bonds is 4. The second kappa shape index (κ2) is 7.54. The van der Waals surface area contributed by atoms with E-state index in [1.807, 2.05) is 0 Å². The van der Waals surface area contributed by atoms with Crippen molar-refractivity contribution in [3.63, 3.8) is 0 Å². The number of hydrogen-bond acceptors (Lipinski definition) is 3. The fourth-order valence-electron chi connectivity index (χ4n) is 1.76. The molecule has 2 aromatic rings. The standard InChI is InChI=1S/C15H14Cl2N2O2S/c1-20-11-6-10(7-12(8-11)21-2)18-15(22)19-14-4-3-9(16)5-13(14)17/h3-8H,1-2H3,(H2,18,19,22). The van der Waals surface area contributed by atoms with Crippen molar-refractivity contribution in [1.29, 1.82) is 0 Å². The van der Waals surface area contributed by atoms with Crippen LogP contribution in [0.5, 0.6) is 11.5 Å². The zero-order valence-corrected chi connectivity index (χ0v) is 14.3. The predicted octanol–water partition coefficient (Wildman–Crippen LogP) is 4.82. The minimum absolute atomic E-state index is 0.388. The third kappa shape index (κ3) is 4.40. The van der Waals surface area contributed by atoms with Gasteiger partial charge in [0.25, 0.3) is 0 Å². The highest BCUT2D eigenvalue weighted by molar-refractivity contribution is 7.80. The van der Waals surface area contributed by atoms with Crippen LogP contribution in [0.2, 0.25) is 10.0 Å². The number of methoxy groups -OCH3 is 2. The lowest BCUT2D eigenvalue weighted by atomic mass is 10.3. The predicted molar refractivity (Wildman–Crippen MR) is 95.9 cm³/mol. The summed E-state index contributed by atoms with van der Waals surface area (Å²) >= 11 is 17.2. The van der Waals surface area contributed by atoms with Crippen LogP contribution in [0.15, 0.2) is 36.4 Å². The van der Waals surface area contributed by atoms with Gasteiger partial charge < -0.3 is 20.1 Å².